The monoisotopic (exact) mass is 194 g/mol. The minimum absolute atomic E-state index is 0.181. The summed E-state index contributed by atoms with van der Waals surface area (Å²) in [5.41, 5.74) is 0. The predicted molar refractivity (Wildman–Crippen MR) is 59.0 cm³/mol. The van der Waals surface area contributed by atoms with Gasteiger partial charge in [-0.15, -0.1) is 0 Å². The molecule has 14 heavy (non-hydrogen) atoms. The summed E-state index contributed by atoms with van der Waals surface area (Å²) in [5, 5.41) is 0. The fraction of sp³-hybridized carbons (Fsp3) is 0.417. The Balaban J connectivity index is 3.49. The van der Waals surface area contributed by atoms with E-state index >= 15 is 0 Å². The van der Waals surface area contributed by atoms with Crippen LogP contribution in [-0.2, 0) is 9.53 Å². The first-order valence-electron chi connectivity index (χ1n) is 4.89. The molecule has 0 heterocycles. The zero-order valence-corrected chi connectivity index (χ0v) is 8.90. The van der Waals surface area contributed by atoms with E-state index in [1.54, 1.807) is 6.08 Å². The normalized spacial score (nSPS) is 11.9. The third kappa shape index (κ3) is 8.78. The fourth-order valence-corrected chi connectivity index (χ4v) is 0.791. The first-order chi connectivity index (χ1) is 6.81. The third-order valence-electron chi connectivity index (χ3n) is 1.47. The smallest absolute Gasteiger partial charge is 0.309 e. The first kappa shape index (κ1) is 12.7. The standard InChI is InChI=1S/C12H18O2/c1-3-5-7-9-11-14-12(13)10-8-6-4-2/h3,5-9H,4,10-11H2,1-2H3/b5-3+,8-6-,9-7+. The first-order valence-corrected chi connectivity index (χ1v) is 4.89. The van der Waals surface area contributed by atoms with Crippen LogP contribution in [0.1, 0.15) is 26.7 Å². The van der Waals surface area contributed by atoms with Crippen molar-refractivity contribution in [1.82, 2.24) is 0 Å². The van der Waals surface area contributed by atoms with Crippen LogP contribution in [0.15, 0.2) is 36.5 Å². The number of ether oxygens (including phenoxy) is 1. The Hall–Kier alpha value is -1.31. The van der Waals surface area contributed by atoms with Crippen LogP contribution in [0.4, 0.5) is 0 Å². The molecule has 0 aromatic carbocycles. The minimum atomic E-state index is -0.181. The van der Waals surface area contributed by atoms with Crippen molar-refractivity contribution >= 4 is 5.97 Å². The van der Waals surface area contributed by atoms with Crippen LogP contribution in [0.5, 0.6) is 0 Å². The maximum Gasteiger partial charge on any atom is 0.309 e. The van der Waals surface area contributed by atoms with Crippen LogP contribution in [0.2, 0.25) is 0 Å². The molecule has 0 amide bonds. The molecule has 0 unspecified atom stereocenters. The van der Waals surface area contributed by atoms with Crippen molar-refractivity contribution < 1.29 is 9.53 Å². The van der Waals surface area contributed by atoms with E-state index in [2.05, 4.69) is 0 Å². The highest BCUT2D eigenvalue weighted by Crippen LogP contribution is 1.91. The average molecular weight is 194 g/mol. The second kappa shape index (κ2) is 9.78. The minimum Gasteiger partial charge on any atom is -0.461 e. The SMILES string of the molecule is C/C=C/C=C/COC(=O)C/C=C\CC. The van der Waals surface area contributed by atoms with Crippen LogP contribution in [0.25, 0.3) is 0 Å². The molecule has 2 heteroatoms. The van der Waals surface area contributed by atoms with E-state index in [-0.39, 0.29) is 5.97 Å². The molecule has 0 radical (unpaired) electrons. The Bertz CT molecular complexity index is 224. The number of hydrogen-bond acceptors (Lipinski definition) is 2. The Kier molecular flexibility index (Phi) is 8.86. The predicted octanol–water partition coefficient (Wildman–Crippen LogP) is 3.02. The van der Waals surface area contributed by atoms with E-state index in [9.17, 15) is 4.79 Å². The van der Waals surface area contributed by atoms with Crippen LogP contribution in [0.3, 0.4) is 0 Å². The zero-order valence-electron chi connectivity index (χ0n) is 8.90. The summed E-state index contributed by atoms with van der Waals surface area (Å²) in [6, 6.07) is 0. The van der Waals surface area contributed by atoms with Gasteiger partial charge >= 0.3 is 5.97 Å². The topological polar surface area (TPSA) is 26.3 Å². The average Bonchev–Trinajstić information content (AvgIpc) is 2.18. The molecule has 0 rings (SSSR count). The molecule has 0 aromatic heterocycles. The molecule has 0 spiro atoms. The molecule has 0 aliphatic rings. The summed E-state index contributed by atoms with van der Waals surface area (Å²) in [5.74, 6) is -0.181. The number of esters is 1. The Labute approximate surface area is 86.0 Å². The van der Waals surface area contributed by atoms with Crippen molar-refractivity contribution in [2.45, 2.75) is 26.7 Å². The lowest BCUT2D eigenvalue weighted by atomic mass is 10.3. The van der Waals surface area contributed by atoms with Gasteiger partial charge in [-0.1, -0.05) is 37.3 Å². The van der Waals surface area contributed by atoms with E-state index in [0.717, 1.165) is 6.42 Å². The summed E-state index contributed by atoms with van der Waals surface area (Å²) < 4.78 is 4.92. The summed E-state index contributed by atoms with van der Waals surface area (Å²) in [4.78, 5) is 11.0. The number of hydrogen-bond donors (Lipinski definition) is 0. The van der Waals surface area contributed by atoms with Gasteiger partial charge in [-0.2, -0.15) is 0 Å². The molecule has 0 aromatic rings. The number of allylic oxidation sites excluding steroid dienone is 4. The Morgan fingerprint density at radius 2 is 2.00 bits per heavy atom. The van der Waals surface area contributed by atoms with Crippen LogP contribution < -0.4 is 0 Å². The molecule has 78 valence electrons. The van der Waals surface area contributed by atoms with Crippen molar-refractivity contribution in [2.75, 3.05) is 6.61 Å². The van der Waals surface area contributed by atoms with Gasteiger partial charge in [-0.05, 0) is 19.4 Å². The molecule has 0 N–H and O–H groups in total. The molecule has 0 fully saturated rings. The van der Waals surface area contributed by atoms with Gasteiger partial charge in [0.05, 0.1) is 6.42 Å². The highest BCUT2D eigenvalue weighted by Gasteiger charge is 1.95. The van der Waals surface area contributed by atoms with Crippen molar-refractivity contribution in [3.63, 3.8) is 0 Å². The molecule has 0 bridgehead atoms. The van der Waals surface area contributed by atoms with Gasteiger partial charge < -0.3 is 4.74 Å². The molecule has 0 saturated carbocycles. The van der Waals surface area contributed by atoms with Crippen LogP contribution >= 0.6 is 0 Å². The van der Waals surface area contributed by atoms with Gasteiger partial charge in [0.1, 0.15) is 6.61 Å². The number of rotatable bonds is 6. The third-order valence-corrected chi connectivity index (χ3v) is 1.47. The summed E-state index contributed by atoms with van der Waals surface area (Å²) in [6.45, 7) is 4.32. The van der Waals surface area contributed by atoms with Crippen molar-refractivity contribution in [3.05, 3.63) is 36.5 Å². The van der Waals surface area contributed by atoms with E-state index in [1.807, 2.05) is 44.2 Å². The van der Waals surface area contributed by atoms with Crippen LogP contribution in [-0.4, -0.2) is 12.6 Å². The highest BCUT2D eigenvalue weighted by molar-refractivity contribution is 5.71. The number of carbonyl (C=O) groups is 1. The maximum absolute atomic E-state index is 11.0. The Morgan fingerprint density at radius 3 is 2.64 bits per heavy atom. The van der Waals surface area contributed by atoms with Crippen LogP contribution in [0, 0.1) is 0 Å². The lowest BCUT2D eigenvalue weighted by Gasteiger charge is -1.97. The number of carbonyl (C=O) groups excluding carboxylic acids is 1. The quantitative estimate of drug-likeness (QED) is 0.369. The van der Waals surface area contributed by atoms with Gasteiger partial charge in [0.15, 0.2) is 0 Å². The summed E-state index contributed by atoms with van der Waals surface area (Å²) in [7, 11) is 0. The van der Waals surface area contributed by atoms with E-state index in [4.69, 9.17) is 4.74 Å². The molecule has 0 aliphatic carbocycles. The van der Waals surface area contributed by atoms with Gasteiger partial charge in [-0.3, -0.25) is 4.79 Å². The second-order valence-electron chi connectivity index (χ2n) is 2.72. The largest absolute Gasteiger partial charge is 0.461 e. The lowest BCUT2D eigenvalue weighted by Crippen LogP contribution is -2.02. The summed E-state index contributed by atoms with van der Waals surface area (Å²) in [6.07, 6.45) is 12.6. The molecule has 2 nitrogen and oxygen atoms in total. The highest BCUT2D eigenvalue weighted by atomic mass is 16.5. The molecular weight excluding hydrogens is 176 g/mol. The molecule has 0 aliphatic heterocycles. The molecule has 0 atom stereocenters. The van der Waals surface area contributed by atoms with Gasteiger partial charge in [0.2, 0.25) is 0 Å². The summed E-state index contributed by atoms with van der Waals surface area (Å²) >= 11 is 0. The zero-order chi connectivity index (χ0) is 10.6. The van der Waals surface area contributed by atoms with Crippen molar-refractivity contribution in [1.29, 1.82) is 0 Å². The van der Waals surface area contributed by atoms with E-state index in [0.29, 0.717) is 13.0 Å². The Morgan fingerprint density at radius 1 is 1.21 bits per heavy atom. The van der Waals surface area contributed by atoms with Gasteiger partial charge in [0.25, 0.3) is 0 Å². The molecule has 0 saturated heterocycles. The lowest BCUT2D eigenvalue weighted by molar-refractivity contribution is -0.141. The van der Waals surface area contributed by atoms with Crippen molar-refractivity contribution in [3.8, 4) is 0 Å². The van der Waals surface area contributed by atoms with E-state index < -0.39 is 0 Å². The second-order valence-corrected chi connectivity index (χ2v) is 2.72. The molecular formula is C12H18O2. The van der Waals surface area contributed by atoms with E-state index in [1.165, 1.54) is 0 Å². The van der Waals surface area contributed by atoms with Gasteiger partial charge in [-0.25, -0.2) is 0 Å². The maximum atomic E-state index is 11.0. The van der Waals surface area contributed by atoms with Crippen molar-refractivity contribution in [2.24, 2.45) is 0 Å². The fourth-order valence-electron chi connectivity index (χ4n) is 0.791. The van der Waals surface area contributed by atoms with Gasteiger partial charge in [0, 0.05) is 0 Å².